The molecule has 3 rings (SSSR count). The smallest absolute Gasteiger partial charge is 0.311 e. The second kappa shape index (κ2) is 5.11. The summed E-state index contributed by atoms with van der Waals surface area (Å²) in [7, 11) is 0. The van der Waals surface area contributed by atoms with Crippen molar-refractivity contribution in [3.63, 3.8) is 0 Å². The molecular weight excluding hydrogens is 325 g/mol. The van der Waals surface area contributed by atoms with Crippen LogP contribution in [0.1, 0.15) is 24.8 Å². The third-order valence-electron chi connectivity index (χ3n) is 4.77. The Labute approximate surface area is 125 Å². The zero-order valence-corrected chi connectivity index (χ0v) is 12.7. The lowest BCUT2D eigenvalue weighted by molar-refractivity contribution is -0.149. The summed E-state index contributed by atoms with van der Waals surface area (Å²) in [6.07, 6.45) is 2.73. The molecule has 1 aliphatic carbocycles. The number of likely N-dealkylation sites (tertiary alicyclic amines) is 1. The molecule has 0 unspecified atom stereocenters. The molecule has 1 aliphatic heterocycles. The van der Waals surface area contributed by atoms with E-state index in [1.807, 2.05) is 0 Å². The summed E-state index contributed by atoms with van der Waals surface area (Å²) in [4.78, 5) is 13.7. The molecule has 3 nitrogen and oxygen atoms in total. The summed E-state index contributed by atoms with van der Waals surface area (Å²) in [5.41, 5.74) is 0.0301. The number of fused-ring (bicyclic) bond motifs is 1. The van der Waals surface area contributed by atoms with Crippen LogP contribution < -0.4 is 0 Å². The molecule has 0 spiro atoms. The molecule has 0 aromatic heterocycles. The molecule has 2 aliphatic rings. The summed E-state index contributed by atoms with van der Waals surface area (Å²) < 4.78 is 14.7. The highest BCUT2D eigenvalue weighted by Crippen LogP contribution is 2.49. The first-order chi connectivity index (χ1) is 9.51. The van der Waals surface area contributed by atoms with Gasteiger partial charge in [-0.25, -0.2) is 4.39 Å². The average Bonchev–Trinajstić information content (AvgIpc) is 2.91. The summed E-state index contributed by atoms with van der Waals surface area (Å²) in [6.45, 7) is 1.79. The minimum Gasteiger partial charge on any atom is -0.481 e. The summed E-state index contributed by atoms with van der Waals surface area (Å²) >= 11 is 3.35. The van der Waals surface area contributed by atoms with Crippen molar-refractivity contribution in [2.75, 3.05) is 13.1 Å². The molecule has 2 atom stereocenters. The van der Waals surface area contributed by atoms with Crippen LogP contribution >= 0.6 is 15.9 Å². The van der Waals surface area contributed by atoms with E-state index in [0.29, 0.717) is 18.7 Å². The van der Waals surface area contributed by atoms with Crippen molar-refractivity contribution >= 4 is 21.9 Å². The molecule has 5 heteroatoms. The van der Waals surface area contributed by atoms with E-state index in [1.54, 1.807) is 12.1 Å². The molecule has 1 saturated heterocycles. The third-order valence-corrected chi connectivity index (χ3v) is 5.26. The molecule has 0 amide bonds. The van der Waals surface area contributed by atoms with E-state index in [4.69, 9.17) is 0 Å². The fraction of sp³-hybridized carbons (Fsp3) is 0.533. The number of hydrogen-bond acceptors (Lipinski definition) is 2. The molecular formula is C15H17BrFNO2. The van der Waals surface area contributed by atoms with Gasteiger partial charge in [0.1, 0.15) is 5.82 Å². The lowest BCUT2D eigenvalue weighted by atomic mass is 9.81. The molecule has 20 heavy (non-hydrogen) atoms. The quantitative estimate of drug-likeness (QED) is 0.917. The van der Waals surface area contributed by atoms with Gasteiger partial charge in [0.25, 0.3) is 0 Å². The number of aliphatic carboxylic acids is 1. The predicted molar refractivity (Wildman–Crippen MR) is 76.8 cm³/mol. The predicted octanol–water partition coefficient (Wildman–Crippen LogP) is 3.27. The Kier molecular flexibility index (Phi) is 3.58. The van der Waals surface area contributed by atoms with E-state index >= 15 is 0 Å². The van der Waals surface area contributed by atoms with Gasteiger partial charge in [0.2, 0.25) is 0 Å². The van der Waals surface area contributed by atoms with Crippen LogP contribution in [-0.2, 0) is 11.3 Å². The highest BCUT2D eigenvalue weighted by atomic mass is 79.9. The van der Waals surface area contributed by atoms with Gasteiger partial charge in [-0.1, -0.05) is 22.4 Å². The molecule has 108 valence electrons. The van der Waals surface area contributed by atoms with Gasteiger partial charge in [-0.2, -0.15) is 0 Å². The summed E-state index contributed by atoms with van der Waals surface area (Å²) in [5, 5.41) is 9.55. The van der Waals surface area contributed by atoms with Gasteiger partial charge in [0.05, 0.1) is 5.41 Å². The first-order valence-electron chi connectivity index (χ1n) is 6.91. The van der Waals surface area contributed by atoms with Gasteiger partial charge < -0.3 is 5.11 Å². The lowest BCUT2D eigenvalue weighted by Crippen LogP contribution is -2.35. The van der Waals surface area contributed by atoms with Crippen LogP contribution in [0, 0.1) is 17.2 Å². The van der Waals surface area contributed by atoms with Crippen molar-refractivity contribution in [1.29, 1.82) is 0 Å². The van der Waals surface area contributed by atoms with Crippen molar-refractivity contribution in [3.8, 4) is 0 Å². The Balaban J connectivity index is 1.78. The van der Waals surface area contributed by atoms with E-state index < -0.39 is 11.4 Å². The number of hydrogen-bond donors (Lipinski definition) is 1. The number of carboxylic acids is 1. The maximum Gasteiger partial charge on any atom is 0.311 e. The normalized spacial score (nSPS) is 29.6. The monoisotopic (exact) mass is 341 g/mol. The van der Waals surface area contributed by atoms with Gasteiger partial charge in [0, 0.05) is 29.7 Å². The Morgan fingerprint density at radius 1 is 1.55 bits per heavy atom. The zero-order chi connectivity index (χ0) is 14.3. The maximum atomic E-state index is 13.8. The molecule has 1 saturated carbocycles. The number of rotatable bonds is 3. The number of nitrogens with zero attached hydrogens (tertiary/aromatic N) is 1. The van der Waals surface area contributed by atoms with Gasteiger partial charge in [-0.05, 0) is 37.0 Å². The van der Waals surface area contributed by atoms with Crippen LogP contribution in [-0.4, -0.2) is 29.1 Å². The van der Waals surface area contributed by atoms with Crippen LogP contribution in [0.3, 0.4) is 0 Å². The number of halogens is 2. The Hall–Kier alpha value is -0.940. The third kappa shape index (κ3) is 2.27. The molecule has 1 aromatic rings. The molecule has 1 heterocycles. The first kappa shape index (κ1) is 14.0. The van der Waals surface area contributed by atoms with Crippen molar-refractivity contribution < 1.29 is 14.3 Å². The zero-order valence-electron chi connectivity index (χ0n) is 11.1. The minimum atomic E-state index is -0.683. The van der Waals surface area contributed by atoms with Crippen LogP contribution in [0.5, 0.6) is 0 Å². The van der Waals surface area contributed by atoms with Gasteiger partial charge >= 0.3 is 5.97 Å². The Morgan fingerprint density at radius 2 is 2.35 bits per heavy atom. The largest absolute Gasteiger partial charge is 0.481 e. The maximum absolute atomic E-state index is 13.8. The van der Waals surface area contributed by atoms with Crippen molar-refractivity contribution in [2.24, 2.45) is 11.3 Å². The second-order valence-corrected chi connectivity index (χ2v) is 6.87. The molecule has 0 radical (unpaired) electrons. The van der Waals surface area contributed by atoms with Crippen molar-refractivity contribution in [1.82, 2.24) is 4.90 Å². The van der Waals surface area contributed by atoms with E-state index in [-0.39, 0.29) is 11.7 Å². The second-order valence-electron chi connectivity index (χ2n) is 5.96. The highest BCUT2D eigenvalue weighted by Gasteiger charge is 2.54. The minimum absolute atomic E-state index is 0.218. The fourth-order valence-corrected chi connectivity index (χ4v) is 4.18. The first-order valence-corrected chi connectivity index (χ1v) is 7.70. The van der Waals surface area contributed by atoms with E-state index in [9.17, 15) is 14.3 Å². The summed E-state index contributed by atoms with van der Waals surface area (Å²) in [5.74, 6) is -0.693. The standard InChI is InChI=1S/C15H17BrFNO2/c16-12-3-4-13(17)10(6-12)7-18-8-11-2-1-5-15(11,9-18)14(19)20/h3-4,6,11H,1-2,5,7-9H2,(H,19,20)/t11-,15+/m0/s1. The van der Waals surface area contributed by atoms with Gasteiger partial charge in [-0.3, -0.25) is 9.69 Å². The van der Waals surface area contributed by atoms with E-state index in [0.717, 1.165) is 30.3 Å². The van der Waals surface area contributed by atoms with E-state index in [1.165, 1.54) is 6.07 Å². The van der Waals surface area contributed by atoms with Gasteiger partial charge in [-0.15, -0.1) is 0 Å². The fourth-order valence-electron chi connectivity index (χ4n) is 3.77. The molecule has 1 N–H and O–H groups in total. The number of benzene rings is 1. The molecule has 2 fully saturated rings. The van der Waals surface area contributed by atoms with Crippen molar-refractivity contribution in [3.05, 3.63) is 34.1 Å². The molecule has 1 aromatic carbocycles. The SMILES string of the molecule is O=C(O)[C@@]12CCC[C@H]1CN(Cc1cc(Br)ccc1F)C2. The van der Waals surface area contributed by atoms with Crippen LogP contribution in [0.15, 0.2) is 22.7 Å². The van der Waals surface area contributed by atoms with E-state index in [2.05, 4.69) is 20.8 Å². The van der Waals surface area contributed by atoms with Crippen molar-refractivity contribution in [2.45, 2.75) is 25.8 Å². The Bertz CT molecular complexity index is 551. The number of carboxylic acid groups (broad SMARTS) is 1. The summed E-state index contributed by atoms with van der Waals surface area (Å²) in [6, 6.07) is 4.90. The Morgan fingerprint density at radius 3 is 3.05 bits per heavy atom. The lowest BCUT2D eigenvalue weighted by Gasteiger charge is -2.23. The topological polar surface area (TPSA) is 40.5 Å². The molecule has 0 bridgehead atoms. The van der Waals surface area contributed by atoms with Crippen LogP contribution in [0.25, 0.3) is 0 Å². The average molecular weight is 342 g/mol. The highest BCUT2D eigenvalue weighted by molar-refractivity contribution is 9.10. The van der Waals surface area contributed by atoms with Crippen LogP contribution in [0.4, 0.5) is 4.39 Å². The van der Waals surface area contributed by atoms with Gasteiger partial charge in [0.15, 0.2) is 0 Å². The van der Waals surface area contributed by atoms with Crippen LogP contribution in [0.2, 0.25) is 0 Å². The number of carbonyl (C=O) groups is 1.